The van der Waals surface area contributed by atoms with Crippen LogP contribution in [0, 0.1) is 0 Å². The van der Waals surface area contributed by atoms with Crippen molar-refractivity contribution in [3.05, 3.63) is 83.9 Å². The smallest absolute Gasteiger partial charge is 0.261 e. The molecule has 1 amide bonds. The lowest BCUT2D eigenvalue weighted by atomic mass is 10.1. The van der Waals surface area contributed by atoms with Crippen LogP contribution in [0.1, 0.15) is 28.9 Å². The van der Waals surface area contributed by atoms with Gasteiger partial charge in [-0.25, -0.2) is 8.42 Å². The minimum Gasteiger partial charge on any atom is -0.493 e. The molecule has 7 nitrogen and oxygen atoms in total. The quantitative estimate of drug-likeness (QED) is 0.552. The molecule has 3 aromatic carbocycles. The Balaban J connectivity index is 1.82. The van der Waals surface area contributed by atoms with Gasteiger partial charge in [-0.2, -0.15) is 0 Å². The summed E-state index contributed by atoms with van der Waals surface area (Å²) in [5.74, 6) is 0.733. The minimum absolute atomic E-state index is 0.115. The molecule has 0 saturated heterocycles. The summed E-state index contributed by atoms with van der Waals surface area (Å²) in [5, 5.41) is 2.90. The van der Waals surface area contributed by atoms with Crippen molar-refractivity contribution in [2.24, 2.45) is 0 Å². The Kier molecular flexibility index (Phi) is 6.81. The molecule has 0 fully saturated rings. The number of carbonyl (C=O) groups excluding carboxylic acids is 1. The molecule has 0 saturated carbocycles. The number of hydrogen-bond acceptors (Lipinski definition) is 5. The second kappa shape index (κ2) is 9.53. The van der Waals surface area contributed by atoms with Crippen molar-refractivity contribution in [1.29, 1.82) is 0 Å². The first-order valence-corrected chi connectivity index (χ1v) is 11.0. The second-order valence-electron chi connectivity index (χ2n) is 6.77. The van der Waals surface area contributed by atoms with Crippen molar-refractivity contribution in [2.45, 2.75) is 17.9 Å². The predicted octanol–water partition coefficient (Wildman–Crippen LogP) is 4.00. The van der Waals surface area contributed by atoms with Crippen molar-refractivity contribution < 1.29 is 22.7 Å². The second-order valence-corrected chi connectivity index (χ2v) is 8.46. The SMILES string of the molecule is COc1ccc(C(C)NC(=O)c2ccccc2NS(=O)(=O)c2ccccc2)cc1OC. The van der Waals surface area contributed by atoms with Gasteiger partial charge in [0, 0.05) is 0 Å². The molecular formula is C23H24N2O5S. The first-order chi connectivity index (χ1) is 14.9. The van der Waals surface area contributed by atoms with Crippen LogP contribution in [0.15, 0.2) is 77.7 Å². The Bertz CT molecular complexity index is 1160. The fourth-order valence-electron chi connectivity index (χ4n) is 3.05. The van der Waals surface area contributed by atoms with Gasteiger partial charge in [-0.15, -0.1) is 0 Å². The number of amides is 1. The molecule has 0 aliphatic heterocycles. The van der Waals surface area contributed by atoms with Gasteiger partial charge < -0.3 is 14.8 Å². The van der Waals surface area contributed by atoms with Gasteiger partial charge in [0.05, 0.1) is 36.4 Å². The van der Waals surface area contributed by atoms with Crippen molar-refractivity contribution in [2.75, 3.05) is 18.9 Å². The maximum atomic E-state index is 12.9. The van der Waals surface area contributed by atoms with E-state index < -0.39 is 15.9 Å². The zero-order chi connectivity index (χ0) is 22.4. The van der Waals surface area contributed by atoms with E-state index in [1.54, 1.807) is 68.8 Å². The Labute approximate surface area is 182 Å². The van der Waals surface area contributed by atoms with Gasteiger partial charge in [0.15, 0.2) is 11.5 Å². The molecule has 0 bridgehead atoms. The maximum Gasteiger partial charge on any atom is 0.261 e. The Morgan fingerprint density at radius 2 is 1.52 bits per heavy atom. The number of sulfonamides is 1. The average Bonchev–Trinajstić information content (AvgIpc) is 2.79. The molecule has 0 heterocycles. The normalized spacial score (nSPS) is 12.0. The van der Waals surface area contributed by atoms with E-state index >= 15 is 0 Å². The molecular weight excluding hydrogens is 416 g/mol. The number of rotatable bonds is 8. The molecule has 0 aliphatic rings. The Morgan fingerprint density at radius 1 is 0.871 bits per heavy atom. The predicted molar refractivity (Wildman–Crippen MR) is 119 cm³/mol. The summed E-state index contributed by atoms with van der Waals surface area (Å²) < 4.78 is 38.4. The van der Waals surface area contributed by atoms with Crippen molar-refractivity contribution >= 4 is 21.6 Å². The zero-order valence-corrected chi connectivity index (χ0v) is 18.3. The van der Waals surface area contributed by atoms with Crippen molar-refractivity contribution in [1.82, 2.24) is 5.32 Å². The molecule has 1 unspecified atom stereocenters. The maximum absolute atomic E-state index is 12.9. The monoisotopic (exact) mass is 440 g/mol. The van der Waals surface area contributed by atoms with Crippen LogP contribution in [-0.4, -0.2) is 28.5 Å². The van der Waals surface area contributed by atoms with Crippen molar-refractivity contribution in [3.8, 4) is 11.5 Å². The highest BCUT2D eigenvalue weighted by Crippen LogP contribution is 2.30. The van der Waals surface area contributed by atoms with Gasteiger partial charge in [0.1, 0.15) is 0 Å². The lowest BCUT2D eigenvalue weighted by Gasteiger charge is -2.18. The third-order valence-corrected chi connectivity index (χ3v) is 6.11. The van der Waals surface area contributed by atoms with E-state index in [4.69, 9.17) is 9.47 Å². The number of ether oxygens (including phenoxy) is 2. The van der Waals surface area contributed by atoms with Crippen LogP contribution in [0.25, 0.3) is 0 Å². The largest absolute Gasteiger partial charge is 0.493 e. The molecule has 8 heteroatoms. The molecule has 0 radical (unpaired) electrons. The number of hydrogen-bond donors (Lipinski definition) is 2. The van der Waals surface area contributed by atoms with E-state index in [0.717, 1.165) is 5.56 Å². The van der Waals surface area contributed by atoms with Gasteiger partial charge in [-0.05, 0) is 48.9 Å². The van der Waals surface area contributed by atoms with Crippen LogP contribution in [-0.2, 0) is 10.0 Å². The standard InChI is InChI=1S/C23H24N2O5S/c1-16(17-13-14-21(29-2)22(15-17)30-3)24-23(26)19-11-7-8-12-20(19)25-31(27,28)18-9-5-4-6-10-18/h4-16,25H,1-3H3,(H,24,26). The van der Waals surface area contributed by atoms with E-state index in [2.05, 4.69) is 10.0 Å². The molecule has 1 atom stereocenters. The van der Waals surface area contributed by atoms with E-state index in [1.807, 2.05) is 13.0 Å². The van der Waals surface area contributed by atoms with Crippen LogP contribution in [0.4, 0.5) is 5.69 Å². The molecule has 31 heavy (non-hydrogen) atoms. The summed E-state index contributed by atoms with van der Waals surface area (Å²) in [6.07, 6.45) is 0. The number of benzene rings is 3. The van der Waals surface area contributed by atoms with Gasteiger partial charge in [0.25, 0.3) is 15.9 Å². The Morgan fingerprint density at radius 3 is 2.19 bits per heavy atom. The first kappa shape index (κ1) is 22.2. The zero-order valence-electron chi connectivity index (χ0n) is 17.5. The van der Waals surface area contributed by atoms with Crippen LogP contribution in [0.5, 0.6) is 11.5 Å². The van der Waals surface area contributed by atoms with Crippen LogP contribution >= 0.6 is 0 Å². The van der Waals surface area contributed by atoms with Gasteiger partial charge in [-0.1, -0.05) is 36.4 Å². The molecule has 2 N–H and O–H groups in total. The summed E-state index contributed by atoms with van der Waals surface area (Å²) >= 11 is 0. The van der Waals surface area contributed by atoms with Gasteiger partial charge in [-0.3, -0.25) is 9.52 Å². The molecule has 3 rings (SSSR count). The number of methoxy groups -OCH3 is 2. The molecule has 3 aromatic rings. The van der Waals surface area contributed by atoms with E-state index in [9.17, 15) is 13.2 Å². The molecule has 0 spiro atoms. The number of para-hydroxylation sites is 1. The molecule has 0 aliphatic carbocycles. The summed E-state index contributed by atoms with van der Waals surface area (Å²) in [7, 11) is -0.734. The summed E-state index contributed by atoms with van der Waals surface area (Å²) in [6, 6.07) is 19.5. The highest BCUT2D eigenvalue weighted by Gasteiger charge is 2.20. The van der Waals surface area contributed by atoms with Gasteiger partial charge >= 0.3 is 0 Å². The summed E-state index contributed by atoms with van der Waals surface area (Å²) in [5.41, 5.74) is 1.23. The third kappa shape index (κ3) is 5.16. The fourth-order valence-corrected chi connectivity index (χ4v) is 4.15. The number of anilines is 1. The van der Waals surface area contributed by atoms with E-state index in [1.165, 1.54) is 12.1 Å². The number of carbonyl (C=O) groups is 1. The van der Waals surface area contributed by atoms with Gasteiger partial charge in [0.2, 0.25) is 0 Å². The highest BCUT2D eigenvalue weighted by molar-refractivity contribution is 7.92. The van der Waals surface area contributed by atoms with Crippen LogP contribution in [0.3, 0.4) is 0 Å². The molecule has 0 aromatic heterocycles. The lowest BCUT2D eigenvalue weighted by Crippen LogP contribution is -2.28. The first-order valence-electron chi connectivity index (χ1n) is 9.55. The van der Waals surface area contributed by atoms with Crippen LogP contribution < -0.4 is 19.5 Å². The number of nitrogens with one attached hydrogen (secondary N) is 2. The third-order valence-electron chi connectivity index (χ3n) is 4.72. The van der Waals surface area contributed by atoms with Crippen molar-refractivity contribution in [3.63, 3.8) is 0 Å². The topological polar surface area (TPSA) is 93.7 Å². The lowest BCUT2D eigenvalue weighted by molar-refractivity contribution is 0.0940. The fraction of sp³-hybridized carbons (Fsp3) is 0.174. The molecule has 162 valence electrons. The van der Waals surface area contributed by atoms with E-state index in [-0.39, 0.29) is 22.2 Å². The van der Waals surface area contributed by atoms with Crippen LogP contribution in [0.2, 0.25) is 0 Å². The minimum atomic E-state index is -3.83. The average molecular weight is 441 g/mol. The summed E-state index contributed by atoms with van der Waals surface area (Å²) in [4.78, 5) is 13.1. The summed E-state index contributed by atoms with van der Waals surface area (Å²) in [6.45, 7) is 1.83. The Hall–Kier alpha value is -3.52. The highest BCUT2D eigenvalue weighted by atomic mass is 32.2. The van der Waals surface area contributed by atoms with E-state index in [0.29, 0.717) is 11.5 Å².